The summed E-state index contributed by atoms with van der Waals surface area (Å²) < 4.78 is 4.94. The van der Waals surface area contributed by atoms with Crippen LogP contribution in [0.25, 0.3) is 0 Å². The fraction of sp³-hybridized carbons (Fsp3) is 0.500. The first-order valence-electron chi connectivity index (χ1n) is 6.29. The van der Waals surface area contributed by atoms with Crippen molar-refractivity contribution in [3.05, 3.63) is 35.9 Å². The van der Waals surface area contributed by atoms with Crippen LogP contribution in [0.5, 0.6) is 0 Å². The van der Waals surface area contributed by atoms with Gasteiger partial charge in [0, 0.05) is 7.05 Å². The Labute approximate surface area is 117 Å². The molecule has 1 heterocycles. The number of carbonyl (C=O) groups is 1. The van der Waals surface area contributed by atoms with Crippen LogP contribution in [-0.4, -0.2) is 35.7 Å². The van der Waals surface area contributed by atoms with Crippen LogP contribution in [0.2, 0.25) is 0 Å². The highest BCUT2D eigenvalue weighted by molar-refractivity contribution is 6.36. The van der Waals surface area contributed by atoms with Gasteiger partial charge in [0.15, 0.2) is 4.87 Å². The van der Waals surface area contributed by atoms with Gasteiger partial charge in [0.25, 0.3) is 0 Å². The summed E-state index contributed by atoms with van der Waals surface area (Å²) in [5, 5.41) is 1.69. The fourth-order valence-corrected chi connectivity index (χ4v) is 3.55. The van der Waals surface area contributed by atoms with E-state index in [-0.39, 0.29) is 6.04 Å². The Morgan fingerprint density at radius 1 is 1.42 bits per heavy atom. The zero-order valence-electron chi connectivity index (χ0n) is 10.9. The van der Waals surface area contributed by atoms with E-state index in [1.807, 2.05) is 37.4 Å². The molecule has 0 unspecified atom stereocenters. The van der Waals surface area contributed by atoms with Gasteiger partial charge in [0.05, 0.1) is 13.2 Å². The van der Waals surface area contributed by atoms with Crippen molar-refractivity contribution in [3.8, 4) is 0 Å². The molecule has 1 spiro atoms. The Hall–Kier alpha value is -1.10. The van der Waals surface area contributed by atoms with E-state index < -0.39 is 16.4 Å². The van der Waals surface area contributed by atoms with Crippen molar-refractivity contribution in [2.45, 2.75) is 29.4 Å². The molecule has 1 aliphatic heterocycles. The van der Waals surface area contributed by atoms with Gasteiger partial charge in [-0.05, 0) is 18.4 Å². The number of hydrogen-bond donors (Lipinski definition) is 0. The standard InChI is InChI=1S/C14H16ClNO3/c1-16-11(10-6-4-3-5-7-10)14(15,12(17)18-2)13(19-16)8-9-13/h3-7,11H,8-9H2,1-2H3/t11-,14+/m1/s1. The van der Waals surface area contributed by atoms with Crippen molar-refractivity contribution in [2.75, 3.05) is 14.2 Å². The number of esters is 1. The van der Waals surface area contributed by atoms with Crippen molar-refractivity contribution in [1.29, 1.82) is 0 Å². The maximum atomic E-state index is 12.3. The number of halogens is 1. The van der Waals surface area contributed by atoms with Crippen molar-refractivity contribution in [3.63, 3.8) is 0 Å². The predicted molar refractivity (Wildman–Crippen MR) is 70.6 cm³/mol. The Balaban J connectivity index is 2.08. The number of benzene rings is 1. The summed E-state index contributed by atoms with van der Waals surface area (Å²) in [6.45, 7) is 0. The van der Waals surface area contributed by atoms with Gasteiger partial charge in [-0.25, -0.2) is 4.79 Å². The van der Waals surface area contributed by atoms with Crippen LogP contribution >= 0.6 is 11.6 Å². The van der Waals surface area contributed by atoms with Gasteiger partial charge >= 0.3 is 5.97 Å². The molecule has 1 aliphatic carbocycles. The topological polar surface area (TPSA) is 38.8 Å². The third-order valence-corrected chi connectivity index (χ3v) is 4.73. The summed E-state index contributed by atoms with van der Waals surface area (Å²) in [5.74, 6) is -0.426. The van der Waals surface area contributed by atoms with E-state index >= 15 is 0 Å². The first-order chi connectivity index (χ1) is 9.05. The van der Waals surface area contributed by atoms with Crippen molar-refractivity contribution in [2.24, 2.45) is 0 Å². The molecule has 0 bridgehead atoms. The maximum absolute atomic E-state index is 12.3. The lowest BCUT2D eigenvalue weighted by atomic mass is 9.87. The Morgan fingerprint density at radius 3 is 2.58 bits per heavy atom. The van der Waals surface area contributed by atoms with Gasteiger partial charge in [0.2, 0.25) is 0 Å². The number of hydroxylamine groups is 2. The summed E-state index contributed by atoms with van der Waals surface area (Å²) in [6, 6.07) is 9.34. The number of hydrogen-bond acceptors (Lipinski definition) is 4. The van der Waals surface area contributed by atoms with E-state index in [1.54, 1.807) is 5.06 Å². The summed E-state index contributed by atoms with van der Waals surface area (Å²) in [5.41, 5.74) is 0.339. The molecule has 1 saturated heterocycles. The molecule has 1 aromatic rings. The zero-order chi connectivity index (χ0) is 13.7. The monoisotopic (exact) mass is 281 g/mol. The number of ether oxygens (including phenoxy) is 1. The summed E-state index contributed by atoms with van der Waals surface area (Å²) in [4.78, 5) is 16.9. The molecule has 0 amide bonds. The van der Waals surface area contributed by atoms with E-state index in [1.165, 1.54) is 7.11 Å². The normalized spacial score (nSPS) is 32.5. The van der Waals surface area contributed by atoms with Gasteiger partial charge in [-0.2, -0.15) is 5.06 Å². The van der Waals surface area contributed by atoms with E-state index in [0.29, 0.717) is 0 Å². The highest BCUT2D eigenvalue weighted by Crippen LogP contribution is 2.63. The van der Waals surface area contributed by atoms with Gasteiger partial charge in [-0.3, -0.25) is 4.84 Å². The minimum atomic E-state index is -1.18. The average Bonchev–Trinajstić information content (AvgIpc) is 3.15. The molecule has 4 nitrogen and oxygen atoms in total. The largest absolute Gasteiger partial charge is 0.468 e. The molecule has 0 N–H and O–H groups in total. The second-order valence-corrected chi connectivity index (χ2v) is 5.74. The molecule has 0 aromatic heterocycles. The lowest BCUT2D eigenvalue weighted by Crippen LogP contribution is -2.48. The summed E-state index contributed by atoms with van der Waals surface area (Å²) in [6.07, 6.45) is 1.55. The number of nitrogens with zero attached hydrogens (tertiary/aromatic N) is 1. The molecule has 1 saturated carbocycles. The second-order valence-electron chi connectivity index (χ2n) is 5.15. The zero-order valence-corrected chi connectivity index (χ0v) is 11.7. The molecular weight excluding hydrogens is 266 g/mol. The van der Waals surface area contributed by atoms with Crippen LogP contribution in [0.3, 0.4) is 0 Å². The molecule has 19 heavy (non-hydrogen) atoms. The number of rotatable bonds is 2. The summed E-state index contributed by atoms with van der Waals surface area (Å²) >= 11 is 6.73. The molecule has 0 radical (unpaired) electrons. The van der Waals surface area contributed by atoms with Gasteiger partial charge < -0.3 is 4.74 Å². The average molecular weight is 282 g/mol. The lowest BCUT2D eigenvalue weighted by molar-refractivity contribution is -0.158. The SMILES string of the molecule is COC(=O)[C@@]1(Cl)[C@@H](c2ccccc2)N(C)OC12CC2. The molecule has 1 aromatic carbocycles. The van der Waals surface area contributed by atoms with Crippen LogP contribution in [0.15, 0.2) is 30.3 Å². The predicted octanol–water partition coefficient (Wildman–Crippen LogP) is 2.29. The van der Waals surface area contributed by atoms with Gasteiger partial charge in [-0.15, -0.1) is 11.6 Å². The molecule has 5 heteroatoms. The smallest absolute Gasteiger partial charge is 0.332 e. The molecular formula is C14H16ClNO3. The molecule has 2 atom stereocenters. The maximum Gasteiger partial charge on any atom is 0.332 e. The molecule has 3 rings (SSSR count). The molecule has 2 fully saturated rings. The van der Waals surface area contributed by atoms with Crippen molar-refractivity contribution >= 4 is 17.6 Å². The van der Waals surface area contributed by atoms with E-state index in [9.17, 15) is 4.79 Å². The molecule has 102 valence electrons. The highest BCUT2D eigenvalue weighted by Gasteiger charge is 2.74. The van der Waals surface area contributed by atoms with Gasteiger partial charge in [0.1, 0.15) is 5.60 Å². The van der Waals surface area contributed by atoms with Crippen LogP contribution in [0.4, 0.5) is 0 Å². The van der Waals surface area contributed by atoms with Crippen molar-refractivity contribution in [1.82, 2.24) is 5.06 Å². The minimum absolute atomic E-state index is 0.342. The van der Waals surface area contributed by atoms with Crippen LogP contribution < -0.4 is 0 Å². The molecule has 2 aliphatic rings. The van der Waals surface area contributed by atoms with E-state index in [0.717, 1.165) is 18.4 Å². The van der Waals surface area contributed by atoms with E-state index in [4.69, 9.17) is 21.2 Å². The fourth-order valence-electron chi connectivity index (χ4n) is 2.98. The third kappa shape index (κ3) is 1.64. The second kappa shape index (κ2) is 4.20. The van der Waals surface area contributed by atoms with Crippen LogP contribution in [-0.2, 0) is 14.4 Å². The van der Waals surface area contributed by atoms with E-state index in [2.05, 4.69) is 0 Å². The number of methoxy groups -OCH3 is 1. The first kappa shape index (κ1) is 12.9. The Morgan fingerprint density at radius 2 is 2.05 bits per heavy atom. The third-order valence-electron chi connectivity index (χ3n) is 4.02. The Bertz CT molecular complexity index is 503. The van der Waals surface area contributed by atoms with Crippen LogP contribution in [0.1, 0.15) is 24.4 Å². The van der Waals surface area contributed by atoms with Crippen LogP contribution in [0, 0.1) is 0 Å². The Kier molecular flexibility index (Phi) is 2.85. The number of alkyl halides is 1. The minimum Gasteiger partial charge on any atom is -0.468 e. The lowest BCUT2D eigenvalue weighted by Gasteiger charge is -2.29. The number of carbonyl (C=O) groups excluding carboxylic acids is 1. The quantitative estimate of drug-likeness (QED) is 0.616. The summed E-state index contributed by atoms with van der Waals surface area (Å²) in [7, 11) is 3.17. The van der Waals surface area contributed by atoms with Crippen molar-refractivity contribution < 1.29 is 14.4 Å². The highest BCUT2D eigenvalue weighted by atomic mass is 35.5. The first-order valence-corrected chi connectivity index (χ1v) is 6.67. The van der Waals surface area contributed by atoms with Gasteiger partial charge in [-0.1, -0.05) is 30.3 Å².